The molecule has 0 saturated heterocycles. The third-order valence-electron chi connectivity index (χ3n) is 3.55. The fraction of sp³-hybridized carbons (Fsp3) is 0.167. The van der Waals surface area contributed by atoms with Crippen molar-refractivity contribution >= 4 is 29.2 Å². The largest absolute Gasteiger partial charge is 0.478 e. The Morgan fingerprint density at radius 2 is 1.96 bits per heavy atom. The van der Waals surface area contributed by atoms with E-state index in [9.17, 15) is 9.90 Å². The molecule has 0 bridgehead atoms. The highest BCUT2D eigenvalue weighted by Gasteiger charge is 2.16. The molecule has 0 aliphatic carbocycles. The van der Waals surface area contributed by atoms with Crippen LogP contribution >= 0.6 is 0 Å². The van der Waals surface area contributed by atoms with Crippen LogP contribution in [0.4, 0.5) is 0 Å². The zero-order valence-corrected chi connectivity index (χ0v) is 13.0. The number of carboxylic acids is 1. The number of hydrogen-bond acceptors (Lipinski definition) is 3. The fourth-order valence-electron chi connectivity index (χ4n) is 2.42. The van der Waals surface area contributed by atoms with Gasteiger partial charge >= 0.3 is 5.97 Å². The normalized spacial score (nSPS) is 11.6. The number of carbonyl (C=O) groups is 1. The van der Waals surface area contributed by atoms with Gasteiger partial charge in [0.25, 0.3) is 0 Å². The predicted octanol–water partition coefficient (Wildman–Crippen LogP) is 3.88. The van der Waals surface area contributed by atoms with Gasteiger partial charge in [0.2, 0.25) is 0 Å². The summed E-state index contributed by atoms with van der Waals surface area (Å²) in [6.07, 6.45) is 5.30. The quantitative estimate of drug-likeness (QED) is 0.794. The van der Waals surface area contributed by atoms with Crippen LogP contribution in [-0.4, -0.2) is 25.8 Å². The highest BCUT2D eigenvalue weighted by Crippen LogP contribution is 2.22. The predicted molar refractivity (Wildman–Crippen MR) is 90.2 cm³/mol. The summed E-state index contributed by atoms with van der Waals surface area (Å²) in [5, 5.41) is 14.3. The molecule has 1 N–H and O–H groups in total. The van der Waals surface area contributed by atoms with E-state index >= 15 is 0 Å². The van der Waals surface area contributed by atoms with Crippen molar-refractivity contribution < 1.29 is 9.90 Å². The van der Waals surface area contributed by atoms with Gasteiger partial charge in [-0.05, 0) is 31.6 Å². The number of aromatic carboxylic acids is 1. The molecule has 0 unspecified atom stereocenters. The first-order chi connectivity index (χ1) is 11.1. The molecular formula is C18H17N3O2. The van der Waals surface area contributed by atoms with Crippen molar-refractivity contribution in [3.8, 4) is 0 Å². The molecule has 0 saturated carbocycles. The molecule has 0 fully saturated rings. The molecule has 23 heavy (non-hydrogen) atoms. The highest BCUT2D eigenvalue weighted by atomic mass is 16.4. The van der Waals surface area contributed by atoms with Gasteiger partial charge < -0.3 is 5.11 Å². The molecule has 0 amide bonds. The summed E-state index contributed by atoms with van der Waals surface area (Å²) in [6, 6.07) is 11.5. The maximum Gasteiger partial charge on any atom is 0.336 e. The molecule has 3 rings (SSSR count). The lowest BCUT2D eigenvalue weighted by Gasteiger charge is -2.07. The van der Waals surface area contributed by atoms with E-state index in [0.717, 1.165) is 5.56 Å². The number of aromatic nitrogens is 3. The van der Waals surface area contributed by atoms with Crippen molar-refractivity contribution in [2.45, 2.75) is 19.9 Å². The summed E-state index contributed by atoms with van der Waals surface area (Å²) in [6.45, 7) is 3.97. The second kappa shape index (κ2) is 6.04. The van der Waals surface area contributed by atoms with E-state index in [-0.39, 0.29) is 11.6 Å². The first-order valence-electron chi connectivity index (χ1n) is 7.41. The SMILES string of the molecule is CC(C)n1ncc2c(C(=O)O)cc(/C=C/c3ccccc3)nc21. The van der Waals surface area contributed by atoms with E-state index in [2.05, 4.69) is 10.1 Å². The Kier molecular flexibility index (Phi) is 3.93. The molecule has 0 atom stereocenters. The van der Waals surface area contributed by atoms with Gasteiger partial charge in [-0.2, -0.15) is 5.10 Å². The molecule has 1 aromatic carbocycles. The van der Waals surface area contributed by atoms with Crippen LogP contribution in [0.15, 0.2) is 42.6 Å². The van der Waals surface area contributed by atoms with E-state index in [4.69, 9.17) is 0 Å². The van der Waals surface area contributed by atoms with Gasteiger partial charge in [-0.1, -0.05) is 36.4 Å². The van der Waals surface area contributed by atoms with Crippen LogP contribution in [0, 0.1) is 0 Å². The van der Waals surface area contributed by atoms with Gasteiger partial charge in [0.1, 0.15) is 0 Å². The smallest absolute Gasteiger partial charge is 0.336 e. The molecule has 0 radical (unpaired) electrons. The third kappa shape index (κ3) is 2.99. The Labute approximate surface area is 133 Å². The topological polar surface area (TPSA) is 68.0 Å². The minimum absolute atomic E-state index is 0.106. The van der Waals surface area contributed by atoms with E-state index in [1.165, 1.54) is 0 Å². The molecule has 2 aromatic heterocycles. The lowest BCUT2D eigenvalue weighted by molar-refractivity contribution is 0.0699. The molecular weight excluding hydrogens is 290 g/mol. The first kappa shape index (κ1) is 15.0. The summed E-state index contributed by atoms with van der Waals surface area (Å²) in [5.74, 6) is -0.977. The van der Waals surface area contributed by atoms with Crippen LogP contribution in [0.25, 0.3) is 23.2 Å². The molecule has 0 aliphatic heterocycles. The fourth-order valence-corrected chi connectivity index (χ4v) is 2.42. The van der Waals surface area contributed by atoms with Gasteiger partial charge in [-0.3, -0.25) is 0 Å². The molecule has 0 spiro atoms. The Morgan fingerprint density at radius 3 is 2.61 bits per heavy atom. The van der Waals surface area contributed by atoms with Gasteiger partial charge in [0, 0.05) is 6.04 Å². The average molecular weight is 307 g/mol. The van der Waals surface area contributed by atoms with Gasteiger partial charge in [-0.25, -0.2) is 14.5 Å². The zero-order valence-electron chi connectivity index (χ0n) is 13.0. The van der Waals surface area contributed by atoms with E-state index < -0.39 is 5.97 Å². The van der Waals surface area contributed by atoms with Crippen molar-refractivity contribution in [3.63, 3.8) is 0 Å². The minimum Gasteiger partial charge on any atom is -0.478 e. The van der Waals surface area contributed by atoms with Gasteiger partial charge in [0.05, 0.1) is 22.8 Å². The third-order valence-corrected chi connectivity index (χ3v) is 3.55. The van der Waals surface area contributed by atoms with Crippen LogP contribution in [0.3, 0.4) is 0 Å². The summed E-state index contributed by atoms with van der Waals surface area (Å²) in [5.41, 5.74) is 2.44. The maximum absolute atomic E-state index is 11.5. The number of hydrogen-bond donors (Lipinski definition) is 1. The molecule has 2 heterocycles. The Bertz CT molecular complexity index is 880. The van der Waals surface area contributed by atoms with Crippen LogP contribution in [0.2, 0.25) is 0 Å². The number of rotatable bonds is 4. The average Bonchev–Trinajstić information content (AvgIpc) is 2.97. The van der Waals surface area contributed by atoms with Crippen molar-refractivity contribution in [2.24, 2.45) is 0 Å². The van der Waals surface area contributed by atoms with Crippen molar-refractivity contribution in [1.82, 2.24) is 14.8 Å². The van der Waals surface area contributed by atoms with Crippen LogP contribution < -0.4 is 0 Å². The number of fused-ring (bicyclic) bond motifs is 1. The van der Waals surface area contributed by atoms with Crippen LogP contribution in [-0.2, 0) is 0 Å². The molecule has 5 nitrogen and oxygen atoms in total. The lowest BCUT2D eigenvalue weighted by Crippen LogP contribution is -2.05. The standard InChI is InChI=1S/C18H17N3O2/c1-12(2)21-17-16(11-19-21)15(18(22)23)10-14(20-17)9-8-13-6-4-3-5-7-13/h3-12H,1-2H3,(H,22,23)/b9-8+. The van der Waals surface area contributed by atoms with Crippen molar-refractivity contribution in [3.05, 3.63) is 59.4 Å². The monoisotopic (exact) mass is 307 g/mol. The number of benzene rings is 1. The zero-order chi connectivity index (χ0) is 16.4. The molecule has 5 heteroatoms. The molecule has 3 aromatic rings. The second-order valence-electron chi connectivity index (χ2n) is 5.56. The van der Waals surface area contributed by atoms with Crippen LogP contribution in [0.1, 0.15) is 41.5 Å². The molecule has 116 valence electrons. The van der Waals surface area contributed by atoms with E-state index in [0.29, 0.717) is 16.7 Å². The summed E-state index contributed by atoms with van der Waals surface area (Å²) >= 11 is 0. The van der Waals surface area contributed by atoms with Crippen LogP contribution in [0.5, 0.6) is 0 Å². The van der Waals surface area contributed by atoms with Gasteiger partial charge in [-0.15, -0.1) is 0 Å². The minimum atomic E-state index is -0.977. The van der Waals surface area contributed by atoms with Crippen molar-refractivity contribution in [1.29, 1.82) is 0 Å². The van der Waals surface area contributed by atoms with Gasteiger partial charge in [0.15, 0.2) is 5.65 Å². The number of nitrogens with zero attached hydrogens (tertiary/aromatic N) is 3. The number of carboxylic acid groups (broad SMARTS) is 1. The Balaban J connectivity index is 2.12. The Morgan fingerprint density at radius 1 is 1.22 bits per heavy atom. The lowest BCUT2D eigenvalue weighted by atomic mass is 10.1. The van der Waals surface area contributed by atoms with E-state index in [1.807, 2.05) is 56.3 Å². The Hall–Kier alpha value is -2.95. The molecule has 0 aliphatic rings. The second-order valence-corrected chi connectivity index (χ2v) is 5.56. The summed E-state index contributed by atoms with van der Waals surface area (Å²) < 4.78 is 1.74. The van der Waals surface area contributed by atoms with E-state index in [1.54, 1.807) is 16.9 Å². The highest BCUT2D eigenvalue weighted by molar-refractivity contribution is 6.02. The first-order valence-corrected chi connectivity index (χ1v) is 7.41. The summed E-state index contributed by atoms with van der Waals surface area (Å²) in [7, 11) is 0. The maximum atomic E-state index is 11.5. The number of pyridine rings is 1. The van der Waals surface area contributed by atoms with Crippen molar-refractivity contribution in [2.75, 3.05) is 0 Å². The summed E-state index contributed by atoms with van der Waals surface area (Å²) in [4.78, 5) is 16.1.